The van der Waals surface area contributed by atoms with Gasteiger partial charge in [0, 0.05) is 25.4 Å². The Morgan fingerprint density at radius 3 is 2.95 bits per heavy atom. The Hall–Kier alpha value is -2.48. The zero-order valence-electron chi connectivity index (χ0n) is 11.5. The number of carboxylic acids is 1. The van der Waals surface area contributed by atoms with E-state index in [1.165, 1.54) is 6.33 Å². The van der Waals surface area contributed by atoms with E-state index in [1.807, 2.05) is 13.2 Å². The normalized spacial score (nSPS) is 11.0. The van der Waals surface area contributed by atoms with Gasteiger partial charge in [-0.25, -0.2) is 14.8 Å². The minimum absolute atomic E-state index is 0.301. The molecule has 2 N–H and O–H groups in total. The van der Waals surface area contributed by atoms with Crippen molar-refractivity contribution in [1.82, 2.24) is 19.7 Å². The minimum Gasteiger partial charge on any atom is -0.477 e. The van der Waals surface area contributed by atoms with Crippen LogP contribution in [-0.2, 0) is 13.6 Å². The lowest BCUT2D eigenvalue weighted by Gasteiger charge is -2.05. The molecule has 0 bridgehead atoms. The number of hydrogen-bond donors (Lipinski definition) is 2. The number of thiophene rings is 1. The van der Waals surface area contributed by atoms with E-state index in [2.05, 4.69) is 20.4 Å². The Morgan fingerprint density at radius 2 is 2.29 bits per heavy atom. The number of carbonyl (C=O) groups is 1. The van der Waals surface area contributed by atoms with Crippen LogP contribution < -0.4 is 5.32 Å². The third-order valence-electron chi connectivity index (χ3n) is 3.14. The van der Waals surface area contributed by atoms with Crippen molar-refractivity contribution in [3.8, 4) is 0 Å². The van der Waals surface area contributed by atoms with Gasteiger partial charge >= 0.3 is 5.97 Å². The molecule has 3 rings (SSSR count). The molecule has 3 heterocycles. The quantitative estimate of drug-likeness (QED) is 0.766. The molecule has 0 amide bonds. The Bertz CT molecular complexity index is 823. The maximum atomic E-state index is 11.2. The predicted molar refractivity (Wildman–Crippen MR) is 79.6 cm³/mol. The highest BCUT2D eigenvalue weighted by atomic mass is 32.1. The van der Waals surface area contributed by atoms with Gasteiger partial charge in [0.2, 0.25) is 0 Å². The molecule has 0 aliphatic rings. The summed E-state index contributed by atoms with van der Waals surface area (Å²) in [5, 5.41) is 17.3. The van der Waals surface area contributed by atoms with Gasteiger partial charge in [0.25, 0.3) is 0 Å². The fourth-order valence-corrected chi connectivity index (χ4v) is 3.15. The molecular weight excluding hydrogens is 290 g/mol. The van der Waals surface area contributed by atoms with Crippen molar-refractivity contribution in [2.75, 3.05) is 5.32 Å². The number of anilines is 1. The number of aromatic carboxylic acids is 1. The molecule has 0 fully saturated rings. The van der Waals surface area contributed by atoms with E-state index < -0.39 is 5.97 Å². The second-order valence-corrected chi connectivity index (χ2v) is 5.64. The lowest BCUT2D eigenvalue weighted by Crippen LogP contribution is -2.02. The molecule has 0 aliphatic carbocycles. The average molecular weight is 303 g/mol. The SMILES string of the molecule is Cc1c(C(=O)O)sc2ncnc(NCc3cnn(C)c3)c12. The first-order valence-electron chi connectivity index (χ1n) is 6.25. The zero-order chi connectivity index (χ0) is 15.0. The monoisotopic (exact) mass is 303 g/mol. The highest BCUT2D eigenvalue weighted by molar-refractivity contribution is 7.20. The van der Waals surface area contributed by atoms with Crippen LogP contribution in [0.2, 0.25) is 0 Å². The van der Waals surface area contributed by atoms with Crippen LogP contribution in [0.4, 0.5) is 5.82 Å². The molecule has 7 nitrogen and oxygen atoms in total. The standard InChI is InChI=1S/C13H13N5O2S/c1-7-9-11(14-3-8-4-17-18(2)5-8)15-6-16-12(9)21-10(7)13(19)20/h4-6H,3H2,1-2H3,(H,19,20)(H,14,15,16). The van der Waals surface area contributed by atoms with Gasteiger partial charge in [-0.15, -0.1) is 11.3 Å². The largest absolute Gasteiger partial charge is 0.477 e. The number of rotatable bonds is 4. The minimum atomic E-state index is -0.936. The molecule has 0 aliphatic heterocycles. The average Bonchev–Trinajstić information content (AvgIpc) is 3.01. The van der Waals surface area contributed by atoms with Gasteiger partial charge < -0.3 is 10.4 Å². The maximum Gasteiger partial charge on any atom is 0.346 e. The molecule has 0 saturated heterocycles. The molecule has 0 atom stereocenters. The Labute approximate surface area is 124 Å². The molecule has 0 unspecified atom stereocenters. The third kappa shape index (κ3) is 2.45. The molecule has 8 heteroatoms. The van der Waals surface area contributed by atoms with Crippen molar-refractivity contribution in [3.63, 3.8) is 0 Å². The summed E-state index contributed by atoms with van der Waals surface area (Å²) in [5.74, 6) is -0.293. The third-order valence-corrected chi connectivity index (χ3v) is 4.33. The van der Waals surface area contributed by atoms with Crippen LogP contribution in [0.5, 0.6) is 0 Å². The van der Waals surface area contributed by atoms with Gasteiger partial charge in [-0.05, 0) is 12.5 Å². The molecular formula is C13H13N5O2S. The number of aromatic nitrogens is 4. The van der Waals surface area contributed by atoms with Crippen molar-refractivity contribution < 1.29 is 9.90 Å². The summed E-state index contributed by atoms with van der Waals surface area (Å²) >= 11 is 1.16. The predicted octanol–water partition coefficient (Wildman–Crippen LogP) is 2.04. The second-order valence-electron chi connectivity index (χ2n) is 4.64. The molecule has 0 spiro atoms. The molecule has 108 valence electrons. The van der Waals surface area contributed by atoms with Crippen molar-refractivity contribution in [1.29, 1.82) is 0 Å². The van der Waals surface area contributed by atoms with Gasteiger partial charge in [0.15, 0.2) is 0 Å². The summed E-state index contributed by atoms with van der Waals surface area (Å²) in [7, 11) is 1.86. The summed E-state index contributed by atoms with van der Waals surface area (Å²) in [5.41, 5.74) is 1.72. The number of nitrogens with zero attached hydrogens (tertiary/aromatic N) is 4. The van der Waals surface area contributed by atoms with Crippen LogP contribution in [0.15, 0.2) is 18.7 Å². The topological polar surface area (TPSA) is 92.9 Å². The fourth-order valence-electron chi connectivity index (χ4n) is 2.16. The van der Waals surface area contributed by atoms with Crippen LogP contribution in [-0.4, -0.2) is 30.8 Å². The van der Waals surface area contributed by atoms with Gasteiger partial charge in [0.1, 0.15) is 21.9 Å². The Kier molecular flexibility index (Phi) is 3.30. The van der Waals surface area contributed by atoms with Crippen LogP contribution in [0.3, 0.4) is 0 Å². The number of carboxylic acid groups (broad SMARTS) is 1. The zero-order valence-corrected chi connectivity index (χ0v) is 12.3. The number of nitrogens with one attached hydrogen (secondary N) is 1. The molecule has 0 radical (unpaired) electrons. The summed E-state index contributed by atoms with van der Waals surface area (Å²) in [6, 6.07) is 0. The number of fused-ring (bicyclic) bond motifs is 1. The van der Waals surface area contributed by atoms with Crippen LogP contribution in [0, 0.1) is 6.92 Å². The van der Waals surface area contributed by atoms with Crippen LogP contribution in [0.25, 0.3) is 10.2 Å². The lowest BCUT2D eigenvalue weighted by atomic mass is 10.2. The highest BCUT2D eigenvalue weighted by Gasteiger charge is 2.18. The van der Waals surface area contributed by atoms with E-state index in [4.69, 9.17) is 0 Å². The summed E-state index contributed by atoms with van der Waals surface area (Å²) in [4.78, 5) is 20.6. The van der Waals surface area contributed by atoms with Gasteiger partial charge in [-0.2, -0.15) is 5.10 Å². The highest BCUT2D eigenvalue weighted by Crippen LogP contribution is 2.33. The second kappa shape index (κ2) is 5.13. The Balaban J connectivity index is 1.96. The van der Waals surface area contributed by atoms with Crippen molar-refractivity contribution in [3.05, 3.63) is 34.7 Å². The first-order valence-corrected chi connectivity index (χ1v) is 7.06. The number of aryl methyl sites for hydroxylation is 2. The van der Waals surface area contributed by atoms with E-state index in [-0.39, 0.29) is 0 Å². The first kappa shape index (κ1) is 13.5. The van der Waals surface area contributed by atoms with E-state index in [0.717, 1.165) is 22.3 Å². The molecule has 3 aromatic rings. The van der Waals surface area contributed by atoms with E-state index in [0.29, 0.717) is 27.6 Å². The molecule has 21 heavy (non-hydrogen) atoms. The van der Waals surface area contributed by atoms with Crippen molar-refractivity contribution in [2.45, 2.75) is 13.5 Å². The van der Waals surface area contributed by atoms with Crippen LogP contribution >= 0.6 is 11.3 Å². The Morgan fingerprint density at radius 1 is 1.48 bits per heavy atom. The molecule has 3 aromatic heterocycles. The van der Waals surface area contributed by atoms with E-state index >= 15 is 0 Å². The summed E-state index contributed by atoms with van der Waals surface area (Å²) < 4.78 is 1.73. The van der Waals surface area contributed by atoms with Crippen molar-refractivity contribution in [2.24, 2.45) is 7.05 Å². The van der Waals surface area contributed by atoms with Gasteiger partial charge in [-0.3, -0.25) is 4.68 Å². The van der Waals surface area contributed by atoms with E-state index in [9.17, 15) is 9.90 Å². The first-order chi connectivity index (χ1) is 10.1. The van der Waals surface area contributed by atoms with Crippen LogP contribution in [0.1, 0.15) is 20.8 Å². The maximum absolute atomic E-state index is 11.2. The van der Waals surface area contributed by atoms with Gasteiger partial charge in [-0.1, -0.05) is 0 Å². The summed E-state index contributed by atoms with van der Waals surface area (Å²) in [6.45, 7) is 2.35. The van der Waals surface area contributed by atoms with Gasteiger partial charge in [0.05, 0.1) is 11.6 Å². The molecule has 0 saturated carbocycles. The fraction of sp³-hybridized carbons (Fsp3) is 0.231. The molecule has 0 aromatic carbocycles. The number of hydrogen-bond acceptors (Lipinski definition) is 6. The smallest absolute Gasteiger partial charge is 0.346 e. The van der Waals surface area contributed by atoms with E-state index in [1.54, 1.807) is 17.8 Å². The lowest BCUT2D eigenvalue weighted by molar-refractivity contribution is 0.0701. The van der Waals surface area contributed by atoms with Crippen molar-refractivity contribution >= 4 is 33.3 Å². The summed E-state index contributed by atoms with van der Waals surface area (Å²) in [6.07, 6.45) is 5.12.